The number of fused-ring (bicyclic) bond motifs is 1. The molecule has 1 aliphatic heterocycles. The van der Waals surface area contributed by atoms with Gasteiger partial charge in [0.25, 0.3) is 0 Å². The zero-order valence-corrected chi connectivity index (χ0v) is 19.5. The molecule has 0 unspecified atom stereocenters. The zero-order chi connectivity index (χ0) is 22.8. The first-order valence-corrected chi connectivity index (χ1v) is 11.9. The first kappa shape index (κ1) is 21.7. The fraction of sp³-hybridized carbons (Fsp3) is 0.333. The summed E-state index contributed by atoms with van der Waals surface area (Å²) in [7, 11) is 3.99. The summed E-state index contributed by atoms with van der Waals surface area (Å²) < 4.78 is 1.66. The van der Waals surface area contributed by atoms with Crippen LogP contribution in [-0.2, 0) is 13.5 Å². The maximum Gasteiger partial charge on any atom is 0.168 e. The largest absolute Gasteiger partial charge is 0.306 e. The Hall–Kier alpha value is -3.17. The van der Waals surface area contributed by atoms with Gasteiger partial charge in [0.15, 0.2) is 5.78 Å². The number of aryl methyl sites for hydroxylation is 1. The molecule has 0 aromatic carbocycles. The average molecular weight is 460 g/mol. The van der Waals surface area contributed by atoms with Gasteiger partial charge in [-0.15, -0.1) is 16.9 Å². The molecule has 1 saturated heterocycles. The van der Waals surface area contributed by atoms with Gasteiger partial charge in [-0.05, 0) is 57.2 Å². The Morgan fingerprint density at radius 3 is 2.73 bits per heavy atom. The number of ketones is 1. The number of carbonyl (C=O) groups excluding carboxylic acids is 1. The van der Waals surface area contributed by atoms with E-state index in [1.165, 1.54) is 0 Å². The molecule has 9 heteroatoms. The Morgan fingerprint density at radius 2 is 1.94 bits per heavy atom. The maximum absolute atomic E-state index is 13.0. The summed E-state index contributed by atoms with van der Waals surface area (Å²) in [5.74, 6) is 0.0347. The fourth-order valence-electron chi connectivity index (χ4n) is 3.98. The van der Waals surface area contributed by atoms with Crippen molar-refractivity contribution in [3.05, 3.63) is 60.3 Å². The van der Waals surface area contributed by atoms with Gasteiger partial charge < -0.3 is 4.90 Å². The molecule has 5 heterocycles. The smallest absolute Gasteiger partial charge is 0.168 e. The van der Waals surface area contributed by atoms with Crippen LogP contribution < -0.4 is 0 Å². The molecule has 0 aliphatic carbocycles. The van der Waals surface area contributed by atoms with Crippen molar-refractivity contribution in [2.75, 3.05) is 20.1 Å². The third-order valence-electron chi connectivity index (χ3n) is 5.87. The van der Waals surface area contributed by atoms with Gasteiger partial charge in [-0.2, -0.15) is 0 Å². The van der Waals surface area contributed by atoms with E-state index in [9.17, 15) is 4.79 Å². The highest BCUT2D eigenvalue weighted by atomic mass is 32.2. The Balaban J connectivity index is 1.31. The van der Waals surface area contributed by atoms with E-state index >= 15 is 0 Å². The second kappa shape index (κ2) is 9.36. The molecule has 0 amide bonds. The number of hydrogen-bond donors (Lipinski definition) is 0. The number of hydrogen-bond acceptors (Lipinski definition) is 8. The molecule has 33 heavy (non-hydrogen) atoms. The molecular formula is C24H25N7OS. The van der Waals surface area contributed by atoms with Crippen molar-refractivity contribution >= 4 is 28.4 Å². The number of Topliss-reactive ketones (excluding diaryl/α,β-unsaturated/α-hetero) is 1. The molecule has 4 aromatic rings. The monoisotopic (exact) mass is 459 g/mol. The van der Waals surface area contributed by atoms with E-state index in [0.717, 1.165) is 53.1 Å². The Labute approximate surface area is 196 Å². The van der Waals surface area contributed by atoms with Crippen molar-refractivity contribution in [3.8, 4) is 11.3 Å². The molecule has 0 radical (unpaired) electrons. The van der Waals surface area contributed by atoms with E-state index in [4.69, 9.17) is 0 Å². The standard InChI is InChI=1S/C24H25N7OS/c1-30-7-4-20(5-8-30)33-24-11-16(3-6-25-24)23(32)12-19-10-17-9-18(13-27-21(17)14-26-19)22-15-31(2)29-28-22/h3,6,9-11,13-15,20H,4-5,7-8,12H2,1-2H3. The Morgan fingerprint density at radius 1 is 1.09 bits per heavy atom. The lowest BCUT2D eigenvalue weighted by Gasteiger charge is -2.28. The topological polar surface area (TPSA) is 89.7 Å². The summed E-state index contributed by atoms with van der Waals surface area (Å²) in [5, 5.41) is 10.5. The summed E-state index contributed by atoms with van der Waals surface area (Å²) in [6, 6.07) is 7.64. The number of nitrogens with zero attached hydrogens (tertiary/aromatic N) is 7. The van der Waals surface area contributed by atoms with E-state index in [-0.39, 0.29) is 12.2 Å². The second-order valence-corrected chi connectivity index (χ2v) is 9.79. The highest BCUT2D eigenvalue weighted by Gasteiger charge is 2.19. The van der Waals surface area contributed by atoms with Gasteiger partial charge in [0.2, 0.25) is 0 Å². The van der Waals surface area contributed by atoms with Crippen LogP contribution in [0, 0.1) is 0 Å². The van der Waals surface area contributed by atoms with Crippen LogP contribution in [0.25, 0.3) is 22.2 Å². The van der Waals surface area contributed by atoms with Gasteiger partial charge >= 0.3 is 0 Å². The quantitative estimate of drug-likeness (QED) is 0.405. The fourth-order valence-corrected chi connectivity index (χ4v) is 5.09. The van der Waals surface area contributed by atoms with Crippen LogP contribution >= 0.6 is 11.8 Å². The minimum absolute atomic E-state index is 0.0347. The number of aromatic nitrogens is 6. The molecule has 0 atom stereocenters. The van der Waals surface area contributed by atoms with E-state index in [2.05, 4.69) is 37.2 Å². The summed E-state index contributed by atoms with van der Waals surface area (Å²) in [5.41, 5.74) is 3.80. The first-order valence-electron chi connectivity index (χ1n) is 11.0. The molecule has 4 aromatic heterocycles. The van der Waals surface area contributed by atoms with Crippen LogP contribution in [-0.4, -0.2) is 66.0 Å². The van der Waals surface area contributed by atoms with Crippen molar-refractivity contribution in [3.63, 3.8) is 0 Å². The summed E-state index contributed by atoms with van der Waals surface area (Å²) in [6.07, 6.45) is 9.58. The summed E-state index contributed by atoms with van der Waals surface area (Å²) in [4.78, 5) is 28.8. The maximum atomic E-state index is 13.0. The normalized spacial score (nSPS) is 15.2. The summed E-state index contributed by atoms with van der Waals surface area (Å²) in [6.45, 7) is 2.22. The number of carbonyl (C=O) groups is 1. The third kappa shape index (κ3) is 5.09. The van der Waals surface area contributed by atoms with Gasteiger partial charge in [0.05, 0.1) is 29.4 Å². The Kier molecular flexibility index (Phi) is 6.15. The number of likely N-dealkylation sites (tertiary alicyclic amines) is 1. The van der Waals surface area contributed by atoms with Crippen molar-refractivity contribution in [1.29, 1.82) is 0 Å². The average Bonchev–Trinajstić information content (AvgIpc) is 3.26. The molecular weight excluding hydrogens is 434 g/mol. The lowest BCUT2D eigenvalue weighted by atomic mass is 10.1. The number of piperidine rings is 1. The lowest BCUT2D eigenvalue weighted by molar-refractivity contribution is 0.0991. The van der Waals surface area contributed by atoms with E-state index in [0.29, 0.717) is 16.5 Å². The molecule has 0 bridgehead atoms. The molecule has 8 nitrogen and oxygen atoms in total. The van der Waals surface area contributed by atoms with Crippen molar-refractivity contribution in [2.45, 2.75) is 29.5 Å². The van der Waals surface area contributed by atoms with Gasteiger partial charge in [-0.3, -0.25) is 19.4 Å². The predicted molar refractivity (Wildman–Crippen MR) is 128 cm³/mol. The third-order valence-corrected chi connectivity index (χ3v) is 7.14. The number of rotatable bonds is 6. The molecule has 168 valence electrons. The first-order chi connectivity index (χ1) is 16.0. The van der Waals surface area contributed by atoms with Crippen molar-refractivity contribution < 1.29 is 4.79 Å². The highest BCUT2D eigenvalue weighted by Crippen LogP contribution is 2.29. The van der Waals surface area contributed by atoms with Crippen LogP contribution in [0.15, 0.2) is 54.1 Å². The van der Waals surface area contributed by atoms with Gasteiger partial charge in [0, 0.05) is 46.9 Å². The predicted octanol–water partition coefficient (Wildman–Crippen LogP) is 3.43. The lowest BCUT2D eigenvalue weighted by Crippen LogP contribution is -2.31. The molecule has 5 rings (SSSR count). The molecule has 0 spiro atoms. The van der Waals surface area contributed by atoms with Crippen LogP contribution in [0.2, 0.25) is 0 Å². The zero-order valence-electron chi connectivity index (χ0n) is 18.7. The van der Waals surface area contributed by atoms with Crippen molar-refractivity contribution in [1.82, 2.24) is 34.8 Å². The molecule has 0 saturated carbocycles. The summed E-state index contributed by atoms with van der Waals surface area (Å²) >= 11 is 1.78. The van der Waals surface area contributed by atoms with Crippen LogP contribution in [0.3, 0.4) is 0 Å². The minimum Gasteiger partial charge on any atom is -0.306 e. The van der Waals surface area contributed by atoms with Crippen LogP contribution in [0.1, 0.15) is 28.9 Å². The van der Waals surface area contributed by atoms with Crippen molar-refractivity contribution in [2.24, 2.45) is 7.05 Å². The van der Waals surface area contributed by atoms with Gasteiger partial charge in [-0.25, -0.2) is 4.98 Å². The van der Waals surface area contributed by atoms with Gasteiger partial charge in [0.1, 0.15) is 5.69 Å². The minimum atomic E-state index is 0.0347. The van der Waals surface area contributed by atoms with Gasteiger partial charge in [-0.1, -0.05) is 5.21 Å². The van der Waals surface area contributed by atoms with E-state index < -0.39 is 0 Å². The number of pyridine rings is 3. The highest BCUT2D eigenvalue weighted by molar-refractivity contribution is 7.99. The molecule has 1 aliphatic rings. The molecule has 0 N–H and O–H groups in total. The van der Waals surface area contributed by atoms with Crippen LogP contribution in [0.4, 0.5) is 0 Å². The number of thioether (sulfide) groups is 1. The molecule has 1 fully saturated rings. The van der Waals surface area contributed by atoms with Crippen LogP contribution in [0.5, 0.6) is 0 Å². The SMILES string of the molecule is CN1CCC(Sc2cc(C(=O)Cc3cc4cc(-c5cn(C)nn5)cnc4cn3)ccn2)CC1. The van der Waals surface area contributed by atoms with E-state index in [1.54, 1.807) is 41.1 Å². The Bertz CT molecular complexity index is 1300. The second-order valence-electron chi connectivity index (χ2n) is 8.47. The van der Waals surface area contributed by atoms with E-state index in [1.807, 2.05) is 31.4 Å².